The van der Waals surface area contributed by atoms with E-state index in [1.54, 1.807) is 12.3 Å². The third-order valence-electron chi connectivity index (χ3n) is 3.24. The van der Waals surface area contributed by atoms with E-state index in [1.165, 1.54) is 0 Å². The van der Waals surface area contributed by atoms with Crippen molar-refractivity contribution in [3.05, 3.63) is 22.3 Å². The number of pyridine rings is 1. The van der Waals surface area contributed by atoms with Gasteiger partial charge < -0.3 is 15.1 Å². The largest absolute Gasteiger partial charge is 0.478 e. The second-order valence-electron chi connectivity index (χ2n) is 4.44. The summed E-state index contributed by atoms with van der Waals surface area (Å²) in [6.07, 6.45) is 3.35. The van der Waals surface area contributed by atoms with Crippen molar-refractivity contribution in [1.82, 2.24) is 4.98 Å². The quantitative estimate of drug-likeness (QED) is 0.889. The fourth-order valence-corrected chi connectivity index (χ4v) is 2.50. The molecule has 2 heterocycles. The molecule has 1 saturated heterocycles. The Balaban J connectivity index is 2.21. The van der Waals surface area contributed by atoms with Crippen LogP contribution in [-0.4, -0.2) is 40.9 Å². The van der Waals surface area contributed by atoms with E-state index in [1.807, 2.05) is 4.90 Å². The van der Waals surface area contributed by atoms with Gasteiger partial charge in [0.2, 0.25) is 0 Å². The number of carboxylic acid groups (broad SMARTS) is 1. The third kappa shape index (κ3) is 2.81. The van der Waals surface area contributed by atoms with Crippen molar-refractivity contribution in [2.75, 3.05) is 24.6 Å². The molecule has 2 N–H and O–H groups in total. The van der Waals surface area contributed by atoms with E-state index >= 15 is 0 Å². The molecule has 18 heavy (non-hydrogen) atoms. The zero-order valence-electron chi connectivity index (χ0n) is 9.84. The summed E-state index contributed by atoms with van der Waals surface area (Å²) in [5, 5.41) is 18.3. The van der Waals surface area contributed by atoms with Crippen molar-refractivity contribution in [3.63, 3.8) is 0 Å². The average molecular weight is 315 g/mol. The maximum Gasteiger partial charge on any atom is 0.339 e. The monoisotopic (exact) mass is 314 g/mol. The molecular weight excluding hydrogens is 300 g/mol. The number of hydrogen-bond acceptors (Lipinski definition) is 4. The van der Waals surface area contributed by atoms with Gasteiger partial charge in [0, 0.05) is 30.4 Å². The molecule has 0 unspecified atom stereocenters. The van der Waals surface area contributed by atoms with Crippen LogP contribution in [0.5, 0.6) is 0 Å². The van der Waals surface area contributed by atoms with Crippen LogP contribution in [-0.2, 0) is 0 Å². The van der Waals surface area contributed by atoms with Gasteiger partial charge in [-0.25, -0.2) is 9.78 Å². The molecule has 0 atom stereocenters. The van der Waals surface area contributed by atoms with E-state index < -0.39 is 5.97 Å². The van der Waals surface area contributed by atoms with Gasteiger partial charge in [0.05, 0.1) is 0 Å². The first kappa shape index (κ1) is 13.3. The minimum Gasteiger partial charge on any atom is -0.478 e. The highest BCUT2D eigenvalue weighted by Gasteiger charge is 2.23. The fourth-order valence-electron chi connectivity index (χ4n) is 2.17. The highest BCUT2D eigenvalue weighted by Crippen LogP contribution is 2.26. The Morgan fingerprint density at radius 3 is 2.72 bits per heavy atom. The van der Waals surface area contributed by atoms with E-state index in [-0.39, 0.29) is 12.2 Å². The number of nitrogens with zero attached hydrogens (tertiary/aromatic N) is 2. The number of aliphatic hydroxyl groups excluding tert-OH is 1. The summed E-state index contributed by atoms with van der Waals surface area (Å²) in [6, 6.07) is 1.57. The van der Waals surface area contributed by atoms with Crippen LogP contribution in [0.4, 0.5) is 5.82 Å². The molecule has 0 aliphatic carbocycles. The predicted molar refractivity (Wildman–Crippen MR) is 70.9 cm³/mol. The zero-order chi connectivity index (χ0) is 13.1. The number of aromatic carboxylic acids is 1. The number of hydrogen-bond donors (Lipinski definition) is 2. The molecule has 0 saturated carbocycles. The summed E-state index contributed by atoms with van der Waals surface area (Å²) in [7, 11) is 0. The number of halogens is 1. The number of aliphatic hydroxyl groups is 1. The van der Waals surface area contributed by atoms with Gasteiger partial charge in [0.1, 0.15) is 11.4 Å². The third-order valence-corrected chi connectivity index (χ3v) is 3.67. The van der Waals surface area contributed by atoms with Gasteiger partial charge in [0.15, 0.2) is 0 Å². The molecule has 2 rings (SSSR count). The maximum atomic E-state index is 11.2. The molecule has 1 aliphatic heterocycles. The Morgan fingerprint density at radius 1 is 1.50 bits per heavy atom. The minimum atomic E-state index is -0.969. The van der Waals surface area contributed by atoms with Crippen molar-refractivity contribution in [2.45, 2.75) is 12.8 Å². The summed E-state index contributed by atoms with van der Waals surface area (Å²) in [5.41, 5.74) is 0.215. The molecule has 0 bridgehead atoms. The van der Waals surface area contributed by atoms with Crippen molar-refractivity contribution in [2.24, 2.45) is 5.92 Å². The van der Waals surface area contributed by atoms with Crippen molar-refractivity contribution >= 4 is 27.7 Å². The predicted octanol–water partition coefficient (Wildman–Crippen LogP) is 1.75. The average Bonchev–Trinajstić information content (AvgIpc) is 2.39. The fraction of sp³-hybridized carbons (Fsp3) is 0.500. The second kappa shape index (κ2) is 5.67. The molecule has 1 aromatic heterocycles. The molecule has 1 fully saturated rings. The van der Waals surface area contributed by atoms with Crippen molar-refractivity contribution in [3.8, 4) is 0 Å². The smallest absolute Gasteiger partial charge is 0.339 e. The van der Waals surface area contributed by atoms with Crippen molar-refractivity contribution in [1.29, 1.82) is 0 Å². The topological polar surface area (TPSA) is 73.7 Å². The highest BCUT2D eigenvalue weighted by molar-refractivity contribution is 9.10. The van der Waals surface area contributed by atoms with Crippen LogP contribution in [0.2, 0.25) is 0 Å². The molecule has 1 aliphatic rings. The van der Waals surface area contributed by atoms with Crippen LogP contribution < -0.4 is 4.90 Å². The number of rotatable bonds is 3. The Labute approximate surface area is 114 Å². The number of carbonyl (C=O) groups is 1. The molecular formula is C12H15BrN2O3. The second-order valence-corrected chi connectivity index (χ2v) is 5.36. The van der Waals surface area contributed by atoms with E-state index in [0.717, 1.165) is 25.9 Å². The summed E-state index contributed by atoms with van der Waals surface area (Å²) in [5.74, 6) is -0.129. The Morgan fingerprint density at radius 2 is 2.17 bits per heavy atom. The van der Waals surface area contributed by atoms with Crippen LogP contribution in [0, 0.1) is 5.92 Å². The van der Waals surface area contributed by atoms with E-state index in [0.29, 0.717) is 16.2 Å². The highest BCUT2D eigenvalue weighted by atomic mass is 79.9. The summed E-state index contributed by atoms with van der Waals surface area (Å²) in [4.78, 5) is 17.4. The van der Waals surface area contributed by atoms with Gasteiger partial charge in [-0.15, -0.1) is 0 Å². The van der Waals surface area contributed by atoms with E-state index in [2.05, 4.69) is 20.9 Å². The summed E-state index contributed by atoms with van der Waals surface area (Å²) in [6.45, 7) is 1.67. The molecule has 5 nitrogen and oxygen atoms in total. The number of carboxylic acids is 1. The van der Waals surface area contributed by atoms with Gasteiger partial charge in [-0.1, -0.05) is 0 Å². The minimum absolute atomic E-state index is 0.202. The van der Waals surface area contributed by atoms with Crippen LogP contribution in [0.25, 0.3) is 0 Å². The van der Waals surface area contributed by atoms with Crippen molar-refractivity contribution < 1.29 is 15.0 Å². The molecule has 0 amide bonds. The first-order chi connectivity index (χ1) is 8.61. The zero-order valence-corrected chi connectivity index (χ0v) is 11.4. The number of aromatic nitrogens is 1. The Hall–Kier alpha value is -1.14. The lowest BCUT2D eigenvalue weighted by Crippen LogP contribution is -2.36. The lowest BCUT2D eigenvalue weighted by atomic mass is 9.97. The van der Waals surface area contributed by atoms with E-state index in [4.69, 9.17) is 5.11 Å². The molecule has 1 aromatic rings. The van der Waals surface area contributed by atoms with Crippen LogP contribution in [0.15, 0.2) is 16.7 Å². The standard InChI is InChI=1S/C12H15BrN2O3/c13-9-5-10(12(17)18)11(14-6-9)15-3-1-8(7-16)2-4-15/h5-6,8,16H,1-4,7H2,(H,17,18). The SMILES string of the molecule is O=C(O)c1cc(Br)cnc1N1CCC(CO)CC1. The summed E-state index contributed by atoms with van der Waals surface area (Å²) < 4.78 is 0.661. The Kier molecular flexibility index (Phi) is 4.19. The Bertz CT molecular complexity index is 445. The van der Waals surface area contributed by atoms with Gasteiger partial charge in [-0.2, -0.15) is 0 Å². The number of piperidine rings is 1. The summed E-state index contributed by atoms with van der Waals surface area (Å²) >= 11 is 3.23. The van der Waals surface area contributed by atoms with Gasteiger partial charge in [0.25, 0.3) is 0 Å². The first-order valence-electron chi connectivity index (χ1n) is 5.86. The van der Waals surface area contributed by atoms with Crippen LogP contribution >= 0.6 is 15.9 Å². The molecule has 0 aromatic carbocycles. The van der Waals surface area contributed by atoms with E-state index in [9.17, 15) is 9.90 Å². The maximum absolute atomic E-state index is 11.2. The first-order valence-corrected chi connectivity index (χ1v) is 6.65. The van der Waals surface area contributed by atoms with Gasteiger partial charge in [-0.05, 0) is 40.8 Å². The van der Waals surface area contributed by atoms with Gasteiger partial charge in [-0.3, -0.25) is 0 Å². The lowest BCUT2D eigenvalue weighted by molar-refractivity contribution is 0.0697. The van der Waals surface area contributed by atoms with Crippen LogP contribution in [0.1, 0.15) is 23.2 Å². The number of anilines is 1. The molecule has 0 spiro atoms. The molecule has 0 radical (unpaired) electrons. The van der Waals surface area contributed by atoms with Gasteiger partial charge >= 0.3 is 5.97 Å². The molecule has 98 valence electrons. The molecule has 6 heteroatoms. The lowest BCUT2D eigenvalue weighted by Gasteiger charge is -2.32. The van der Waals surface area contributed by atoms with Crippen LogP contribution in [0.3, 0.4) is 0 Å². The normalized spacial score (nSPS) is 16.9.